The van der Waals surface area contributed by atoms with Crippen LogP contribution in [0.5, 0.6) is 0 Å². The van der Waals surface area contributed by atoms with E-state index in [9.17, 15) is 4.79 Å². The molecule has 114 valence electrons. The lowest BCUT2D eigenvalue weighted by Gasteiger charge is -2.36. The van der Waals surface area contributed by atoms with Crippen molar-refractivity contribution in [3.8, 4) is 0 Å². The Balaban J connectivity index is 1.83. The number of aromatic nitrogens is 2. The van der Waals surface area contributed by atoms with Crippen molar-refractivity contribution in [1.82, 2.24) is 15.3 Å². The van der Waals surface area contributed by atoms with Gasteiger partial charge in [-0.15, -0.1) is 0 Å². The summed E-state index contributed by atoms with van der Waals surface area (Å²) in [6, 6.07) is 2.75. The summed E-state index contributed by atoms with van der Waals surface area (Å²) >= 11 is 0. The van der Waals surface area contributed by atoms with E-state index < -0.39 is 0 Å². The summed E-state index contributed by atoms with van der Waals surface area (Å²) in [5.74, 6) is 1.53. The normalized spacial score (nSPS) is 22.2. The average molecular weight is 288 g/mol. The fraction of sp³-hybridized carbons (Fsp3) is 0.688. The molecule has 1 aliphatic heterocycles. The SMILES string of the molecule is CCC1CCCCN1c1cc(C(=O)NC2CC2)nc(C)n1. The van der Waals surface area contributed by atoms with E-state index in [-0.39, 0.29) is 5.91 Å². The molecule has 21 heavy (non-hydrogen) atoms. The molecule has 1 aromatic heterocycles. The van der Waals surface area contributed by atoms with E-state index in [0.717, 1.165) is 31.6 Å². The first-order valence-corrected chi connectivity index (χ1v) is 8.10. The maximum Gasteiger partial charge on any atom is 0.270 e. The van der Waals surface area contributed by atoms with Gasteiger partial charge in [0.05, 0.1) is 0 Å². The molecule has 2 fully saturated rings. The number of carbonyl (C=O) groups excluding carboxylic acids is 1. The van der Waals surface area contributed by atoms with Gasteiger partial charge in [0.1, 0.15) is 17.3 Å². The molecular weight excluding hydrogens is 264 g/mol. The Morgan fingerprint density at radius 1 is 1.33 bits per heavy atom. The van der Waals surface area contributed by atoms with E-state index >= 15 is 0 Å². The lowest BCUT2D eigenvalue weighted by atomic mass is 10.00. The van der Waals surface area contributed by atoms with Crippen LogP contribution in [0, 0.1) is 6.92 Å². The highest BCUT2D eigenvalue weighted by atomic mass is 16.2. The maximum atomic E-state index is 12.2. The lowest BCUT2D eigenvalue weighted by molar-refractivity contribution is 0.0945. The third kappa shape index (κ3) is 3.34. The van der Waals surface area contributed by atoms with Crippen molar-refractivity contribution in [3.63, 3.8) is 0 Å². The summed E-state index contributed by atoms with van der Waals surface area (Å²) in [6.45, 7) is 5.11. The van der Waals surface area contributed by atoms with Crippen LogP contribution in [-0.2, 0) is 0 Å². The molecule has 0 bridgehead atoms. The van der Waals surface area contributed by atoms with Crippen molar-refractivity contribution in [2.75, 3.05) is 11.4 Å². The van der Waals surface area contributed by atoms with E-state index in [1.165, 1.54) is 19.3 Å². The molecular formula is C16H24N4O. The molecule has 3 rings (SSSR count). The van der Waals surface area contributed by atoms with Crippen LogP contribution in [0.3, 0.4) is 0 Å². The molecule has 2 heterocycles. The van der Waals surface area contributed by atoms with Crippen molar-refractivity contribution >= 4 is 11.7 Å². The summed E-state index contributed by atoms with van der Waals surface area (Å²) in [5.41, 5.74) is 0.504. The summed E-state index contributed by atoms with van der Waals surface area (Å²) in [5, 5.41) is 3.00. The van der Waals surface area contributed by atoms with E-state index in [1.54, 1.807) is 0 Å². The first-order valence-electron chi connectivity index (χ1n) is 8.10. The van der Waals surface area contributed by atoms with Gasteiger partial charge in [0.2, 0.25) is 0 Å². The number of aryl methyl sites for hydroxylation is 1. The molecule has 1 atom stereocenters. The zero-order chi connectivity index (χ0) is 14.8. The van der Waals surface area contributed by atoms with E-state index in [1.807, 2.05) is 13.0 Å². The fourth-order valence-corrected chi connectivity index (χ4v) is 3.03. The second-order valence-corrected chi connectivity index (χ2v) is 6.16. The zero-order valence-corrected chi connectivity index (χ0v) is 12.9. The van der Waals surface area contributed by atoms with Gasteiger partial charge < -0.3 is 10.2 Å². The monoisotopic (exact) mass is 288 g/mol. The number of anilines is 1. The zero-order valence-electron chi connectivity index (χ0n) is 12.9. The summed E-state index contributed by atoms with van der Waals surface area (Å²) in [7, 11) is 0. The van der Waals surface area contributed by atoms with E-state index in [0.29, 0.717) is 23.6 Å². The number of hydrogen-bond donors (Lipinski definition) is 1. The number of carbonyl (C=O) groups is 1. The summed E-state index contributed by atoms with van der Waals surface area (Å²) in [6.07, 6.45) is 6.99. The first-order chi connectivity index (χ1) is 10.2. The molecule has 0 radical (unpaired) electrons. The largest absolute Gasteiger partial charge is 0.354 e. The molecule has 1 aromatic rings. The van der Waals surface area contributed by atoms with Gasteiger partial charge in [0, 0.05) is 24.7 Å². The van der Waals surface area contributed by atoms with Crippen LogP contribution in [0.25, 0.3) is 0 Å². The molecule has 1 unspecified atom stereocenters. The quantitative estimate of drug-likeness (QED) is 0.924. The Morgan fingerprint density at radius 3 is 2.86 bits per heavy atom. The molecule has 1 saturated heterocycles. The number of amides is 1. The van der Waals surface area contributed by atoms with Crippen molar-refractivity contribution in [2.45, 2.75) is 64.5 Å². The Hall–Kier alpha value is -1.65. The fourth-order valence-electron chi connectivity index (χ4n) is 3.03. The predicted molar refractivity (Wildman–Crippen MR) is 82.5 cm³/mol. The van der Waals surface area contributed by atoms with Crippen LogP contribution in [0.2, 0.25) is 0 Å². The molecule has 2 aliphatic rings. The van der Waals surface area contributed by atoms with Crippen LogP contribution in [0.1, 0.15) is 61.8 Å². The second kappa shape index (κ2) is 6.00. The first kappa shape index (κ1) is 14.3. The topological polar surface area (TPSA) is 58.1 Å². The van der Waals surface area contributed by atoms with Crippen molar-refractivity contribution in [1.29, 1.82) is 0 Å². The minimum atomic E-state index is -0.0608. The standard InChI is InChI=1S/C16H24N4O/c1-3-13-6-4-5-9-20(13)15-10-14(17-11(2)18-15)16(21)19-12-7-8-12/h10,12-13H,3-9H2,1-2H3,(H,19,21). The van der Waals surface area contributed by atoms with Crippen molar-refractivity contribution < 1.29 is 4.79 Å². The highest BCUT2D eigenvalue weighted by molar-refractivity contribution is 5.93. The number of hydrogen-bond acceptors (Lipinski definition) is 4. The molecule has 1 saturated carbocycles. The van der Waals surface area contributed by atoms with Crippen LogP contribution < -0.4 is 10.2 Å². The number of piperidine rings is 1. The lowest BCUT2D eigenvalue weighted by Crippen LogP contribution is -2.40. The van der Waals surface area contributed by atoms with Gasteiger partial charge in [0.25, 0.3) is 5.91 Å². The van der Waals surface area contributed by atoms with Gasteiger partial charge in [-0.3, -0.25) is 4.79 Å². The van der Waals surface area contributed by atoms with Gasteiger partial charge in [-0.2, -0.15) is 0 Å². The Labute approximate surface area is 126 Å². The Bertz CT molecular complexity index is 527. The van der Waals surface area contributed by atoms with E-state index in [4.69, 9.17) is 0 Å². The molecule has 0 spiro atoms. The van der Waals surface area contributed by atoms with Gasteiger partial charge in [-0.25, -0.2) is 9.97 Å². The van der Waals surface area contributed by atoms with Gasteiger partial charge in [0.15, 0.2) is 0 Å². The van der Waals surface area contributed by atoms with Crippen LogP contribution in [-0.4, -0.2) is 34.5 Å². The number of nitrogens with zero attached hydrogens (tertiary/aromatic N) is 3. The van der Waals surface area contributed by atoms with Crippen LogP contribution >= 0.6 is 0 Å². The van der Waals surface area contributed by atoms with Gasteiger partial charge in [-0.1, -0.05) is 6.92 Å². The maximum absolute atomic E-state index is 12.2. The van der Waals surface area contributed by atoms with Crippen molar-refractivity contribution in [3.05, 3.63) is 17.6 Å². The molecule has 5 heteroatoms. The van der Waals surface area contributed by atoms with E-state index in [2.05, 4.69) is 27.1 Å². The van der Waals surface area contributed by atoms with Gasteiger partial charge in [-0.05, 0) is 45.4 Å². The molecule has 1 N–H and O–H groups in total. The highest BCUT2D eigenvalue weighted by Crippen LogP contribution is 2.26. The molecule has 1 aliphatic carbocycles. The van der Waals surface area contributed by atoms with Crippen LogP contribution in [0.15, 0.2) is 6.07 Å². The smallest absolute Gasteiger partial charge is 0.270 e. The Kier molecular flexibility index (Phi) is 4.08. The average Bonchev–Trinajstić information content (AvgIpc) is 3.30. The number of nitrogens with one attached hydrogen (secondary N) is 1. The summed E-state index contributed by atoms with van der Waals surface area (Å²) in [4.78, 5) is 23.4. The predicted octanol–water partition coefficient (Wildman–Crippen LogP) is 2.45. The minimum Gasteiger partial charge on any atom is -0.354 e. The van der Waals surface area contributed by atoms with Crippen molar-refractivity contribution in [2.24, 2.45) is 0 Å². The third-order valence-corrected chi connectivity index (χ3v) is 4.36. The highest BCUT2D eigenvalue weighted by Gasteiger charge is 2.26. The minimum absolute atomic E-state index is 0.0608. The molecule has 1 amide bonds. The van der Waals surface area contributed by atoms with Gasteiger partial charge >= 0.3 is 0 Å². The number of rotatable bonds is 4. The summed E-state index contributed by atoms with van der Waals surface area (Å²) < 4.78 is 0. The molecule has 5 nitrogen and oxygen atoms in total. The second-order valence-electron chi connectivity index (χ2n) is 6.16. The van der Waals surface area contributed by atoms with Crippen LogP contribution in [0.4, 0.5) is 5.82 Å². The third-order valence-electron chi connectivity index (χ3n) is 4.36. The molecule has 0 aromatic carbocycles. The Morgan fingerprint density at radius 2 is 2.14 bits per heavy atom.